The van der Waals surface area contributed by atoms with Crippen LogP contribution in [0.3, 0.4) is 0 Å². The van der Waals surface area contributed by atoms with Gasteiger partial charge >= 0.3 is 0 Å². The number of anilines is 2. The van der Waals surface area contributed by atoms with Crippen LogP contribution >= 0.6 is 0 Å². The Morgan fingerprint density at radius 1 is 0.962 bits per heavy atom. The molecule has 5 rings (SSSR count). The van der Waals surface area contributed by atoms with Crippen molar-refractivity contribution in [2.75, 3.05) is 43.1 Å². The zero-order valence-corrected chi connectivity index (χ0v) is 14.6. The van der Waals surface area contributed by atoms with Crippen molar-refractivity contribution >= 4 is 17.3 Å². The quantitative estimate of drug-likeness (QED) is 0.691. The lowest BCUT2D eigenvalue weighted by molar-refractivity contribution is 0.396. The maximum absolute atomic E-state index is 5.19. The molecule has 2 fully saturated rings. The summed E-state index contributed by atoms with van der Waals surface area (Å²) in [6, 6.07) is 5.91. The van der Waals surface area contributed by atoms with Gasteiger partial charge in [0.1, 0.15) is 18.0 Å². The van der Waals surface area contributed by atoms with Gasteiger partial charge in [-0.2, -0.15) is 4.52 Å². The van der Waals surface area contributed by atoms with Crippen molar-refractivity contribution in [3.63, 3.8) is 0 Å². The van der Waals surface area contributed by atoms with Crippen LogP contribution in [-0.2, 0) is 0 Å². The maximum Gasteiger partial charge on any atom is 0.218 e. The number of nitrogens with zero attached hydrogens (tertiary/aromatic N) is 8. The normalized spacial score (nSPS) is 17.7. The van der Waals surface area contributed by atoms with E-state index in [9.17, 15) is 0 Å². The number of hydrogen-bond acceptors (Lipinski definition) is 8. The Labute approximate surface area is 150 Å². The van der Waals surface area contributed by atoms with E-state index >= 15 is 0 Å². The van der Waals surface area contributed by atoms with Gasteiger partial charge in [-0.15, -0.1) is 15.3 Å². The molecule has 26 heavy (non-hydrogen) atoms. The SMILES string of the molecule is COc1cc(N2CCN(c3ccc4nnc(C5CC5)n4n3)CC2)ncn1. The highest BCUT2D eigenvalue weighted by Crippen LogP contribution is 2.38. The van der Waals surface area contributed by atoms with Crippen LogP contribution in [0.4, 0.5) is 11.6 Å². The second-order valence-corrected chi connectivity index (χ2v) is 6.69. The molecule has 0 bridgehead atoms. The van der Waals surface area contributed by atoms with Gasteiger partial charge in [-0.05, 0) is 25.0 Å². The first-order valence-electron chi connectivity index (χ1n) is 8.90. The average molecular weight is 352 g/mol. The van der Waals surface area contributed by atoms with Crippen molar-refractivity contribution in [1.29, 1.82) is 0 Å². The number of piperazine rings is 1. The second-order valence-electron chi connectivity index (χ2n) is 6.69. The Hall–Kier alpha value is -2.97. The minimum absolute atomic E-state index is 0.525. The molecule has 2 aliphatic rings. The summed E-state index contributed by atoms with van der Waals surface area (Å²) in [4.78, 5) is 13.0. The predicted octanol–water partition coefficient (Wildman–Crippen LogP) is 1.13. The van der Waals surface area contributed by atoms with Crippen LogP contribution in [0.15, 0.2) is 24.5 Å². The summed E-state index contributed by atoms with van der Waals surface area (Å²) in [5.41, 5.74) is 0.822. The first kappa shape index (κ1) is 15.3. The lowest BCUT2D eigenvalue weighted by Gasteiger charge is -2.35. The Morgan fingerprint density at radius 3 is 2.46 bits per heavy atom. The molecule has 3 aromatic heterocycles. The Balaban J connectivity index is 1.33. The van der Waals surface area contributed by atoms with Crippen LogP contribution in [0, 0.1) is 0 Å². The molecule has 1 aliphatic heterocycles. The number of hydrogen-bond donors (Lipinski definition) is 0. The van der Waals surface area contributed by atoms with Gasteiger partial charge in [-0.1, -0.05) is 0 Å². The molecule has 1 saturated heterocycles. The summed E-state index contributed by atoms with van der Waals surface area (Å²) in [7, 11) is 1.62. The molecule has 9 nitrogen and oxygen atoms in total. The molecule has 0 spiro atoms. The van der Waals surface area contributed by atoms with E-state index in [1.165, 1.54) is 12.8 Å². The summed E-state index contributed by atoms with van der Waals surface area (Å²) >= 11 is 0. The summed E-state index contributed by atoms with van der Waals surface area (Å²) in [5.74, 6) is 3.98. The maximum atomic E-state index is 5.19. The fraction of sp³-hybridized carbons (Fsp3) is 0.471. The van der Waals surface area contributed by atoms with E-state index < -0.39 is 0 Å². The van der Waals surface area contributed by atoms with E-state index in [0.29, 0.717) is 11.8 Å². The van der Waals surface area contributed by atoms with Crippen molar-refractivity contribution in [2.24, 2.45) is 0 Å². The molecule has 0 radical (unpaired) electrons. The number of rotatable bonds is 4. The van der Waals surface area contributed by atoms with Gasteiger partial charge in [0.15, 0.2) is 11.5 Å². The Kier molecular flexibility index (Phi) is 3.58. The molecule has 4 heterocycles. The summed E-state index contributed by atoms with van der Waals surface area (Å²) in [6.45, 7) is 3.51. The summed E-state index contributed by atoms with van der Waals surface area (Å²) in [6.07, 6.45) is 3.92. The van der Waals surface area contributed by atoms with Crippen molar-refractivity contribution in [3.05, 3.63) is 30.4 Å². The molecule has 0 aromatic carbocycles. The molecule has 0 atom stereocenters. The van der Waals surface area contributed by atoms with Gasteiger partial charge in [0.2, 0.25) is 5.88 Å². The molecule has 3 aromatic rings. The number of methoxy groups -OCH3 is 1. The van der Waals surface area contributed by atoms with Crippen molar-refractivity contribution in [2.45, 2.75) is 18.8 Å². The topological polar surface area (TPSA) is 84.6 Å². The number of aromatic nitrogens is 6. The van der Waals surface area contributed by atoms with Crippen molar-refractivity contribution in [3.8, 4) is 5.88 Å². The van der Waals surface area contributed by atoms with E-state index in [0.717, 1.165) is 49.3 Å². The fourth-order valence-electron chi connectivity index (χ4n) is 3.34. The van der Waals surface area contributed by atoms with E-state index in [4.69, 9.17) is 9.84 Å². The third-order valence-electron chi connectivity index (χ3n) is 4.98. The first-order valence-corrected chi connectivity index (χ1v) is 8.90. The average Bonchev–Trinajstić information content (AvgIpc) is 3.47. The van der Waals surface area contributed by atoms with Crippen LogP contribution in [0.1, 0.15) is 24.6 Å². The van der Waals surface area contributed by atoms with Crippen LogP contribution < -0.4 is 14.5 Å². The zero-order chi connectivity index (χ0) is 17.5. The first-order chi connectivity index (χ1) is 12.8. The highest BCUT2D eigenvalue weighted by molar-refractivity contribution is 5.49. The minimum Gasteiger partial charge on any atom is -0.481 e. The fourth-order valence-corrected chi connectivity index (χ4v) is 3.34. The van der Waals surface area contributed by atoms with Crippen LogP contribution in [0.25, 0.3) is 5.65 Å². The Bertz CT molecular complexity index is 929. The van der Waals surface area contributed by atoms with Gasteiger partial charge in [-0.25, -0.2) is 9.97 Å². The molecule has 9 heteroatoms. The molecule has 1 aliphatic carbocycles. The molecule has 134 valence electrons. The van der Waals surface area contributed by atoms with Gasteiger partial charge in [0.05, 0.1) is 7.11 Å². The number of fused-ring (bicyclic) bond motifs is 1. The lowest BCUT2D eigenvalue weighted by atomic mass is 10.3. The standard InChI is InChI=1S/C17H20N8O/c1-26-16-10-15(18-11-19-16)24-8-6-23(7-9-24)14-5-4-13-20-21-17(12-2-3-12)25(13)22-14/h4-5,10-12H,2-3,6-9H2,1H3. The zero-order valence-electron chi connectivity index (χ0n) is 14.6. The largest absolute Gasteiger partial charge is 0.481 e. The summed E-state index contributed by atoms with van der Waals surface area (Å²) < 4.78 is 7.10. The van der Waals surface area contributed by atoms with E-state index in [1.54, 1.807) is 13.4 Å². The number of ether oxygens (including phenoxy) is 1. The molecule has 0 N–H and O–H groups in total. The van der Waals surface area contributed by atoms with Gasteiger partial charge < -0.3 is 14.5 Å². The molecule has 0 unspecified atom stereocenters. The minimum atomic E-state index is 0.525. The highest BCUT2D eigenvalue weighted by Gasteiger charge is 2.29. The van der Waals surface area contributed by atoms with Gasteiger partial charge in [0.25, 0.3) is 0 Å². The van der Waals surface area contributed by atoms with Gasteiger partial charge in [0, 0.05) is 38.2 Å². The Morgan fingerprint density at radius 2 is 1.73 bits per heavy atom. The smallest absolute Gasteiger partial charge is 0.218 e. The van der Waals surface area contributed by atoms with Crippen molar-refractivity contribution < 1.29 is 4.74 Å². The highest BCUT2D eigenvalue weighted by atomic mass is 16.5. The van der Waals surface area contributed by atoms with E-state index in [-0.39, 0.29) is 0 Å². The monoisotopic (exact) mass is 352 g/mol. The molecular formula is C17H20N8O. The predicted molar refractivity (Wildman–Crippen MR) is 95.8 cm³/mol. The molecular weight excluding hydrogens is 332 g/mol. The second kappa shape index (κ2) is 6.08. The van der Waals surface area contributed by atoms with Crippen molar-refractivity contribution in [1.82, 2.24) is 29.8 Å². The lowest BCUT2D eigenvalue weighted by Crippen LogP contribution is -2.47. The van der Waals surface area contributed by atoms with Crippen LogP contribution in [0.5, 0.6) is 5.88 Å². The third-order valence-corrected chi connectivity index (χ3v) is 4.98. The van der Waals surface area contributed by atoms with Crippen LogP contribution in [0.2, 0.25) is 0 Å². The molecule has 0 amide bonds. The summed E-state index contributed by atoms with van der Waals surface area (Å²) in [5, 5.41) is 13.3. The van der Waals surface area contributed by atoms with Gasteiger partial charge in [-0.3, -0.25) is 0 Å². The van der Waals surface area contributed by atoms with E-state index in [2.05, 4.69) is 30.0 Å². The van der Waals surface area contributed by atoms with Crippen LogP contribution in [-0.4, -0.2) is 63.1 Å². The van der Waals surface area contributed by atoms with E-state index in [1.807, 2.05) is 22.7 Å². The third kappa shape index (κ3) is 2.69. The molecule has 1 saturated carbocycles.